The Morgan fingerprint density at radius 1 is 1.23 bits per heavy atom. The van der Waals surface area contributed by atoms with Crippen LogP contribution in [0.5, 0.6) is 0 Å². The minimum absolute atomic E-state index is 0.136. The molecule has 31 heavy (non-hydrogen) atoms. The Hall–Kier alpha value is -3.52. The van der Waals surface area contributed by atoms with Crippen molar-refractivity contribution in [1.29, 1.82) is 0 Å². The van der Waals surface area contributed by atoms with Gasteiger partial charge in [-0.1, -0.05) is 35.9 Å². The van der Waals surface area contributed by atoms with Crippen LogP contribution in [0.2, 0.25) is 0 Å². The van der Waals surface area contributed by atoms with Crippen LogP contribution in [0.3, 0.4) is 0 Å². The third-order valence-corrected chi connectivity index (χ3v) is 6.22. The van der Waals surface area contributed by atoms with Crippen molar-refractivity contribution in [2.45, 2.75) is 32.6 Å². The summed E-state index contributed by atoms with van der Waals surface area (Å²) in [7, 11) is 0. The van der Waals surface area contributed by atoms with E-state index in [-0.39, 0.29) is 17.9 Å². The molecule has 1 aliphatic rings. The molecule has 3 heterocycles. The molecule has 0 saturated heterocycles. The lowest BCUT2D eigenvalue weighted by Crippen LogP contribution is -2.21. The van der Waals surface area contributed by atoms with Crippen LogP contribution in [-0.4, -0.2) is 25.7 Å². The summed E-state index contributed by atoms with van der Waals surface area (Å²) in [4.78, 5) is 33.8. The zero-order valence-corrected chi connectivity index (χ0v) is 17.8. The van der Waals surface area contributed by atoms with Gasteiger partial charge in [-0.15, -0.1) is 11.3 Å². The summed E-state index contributed by atoms with van der Waals surface area (Å²) in [5, 5.41) is 9.57. The number of carbonyl (C=O) groups is 1. The molecule has 0 saturated carbocycles. The summed E-state index contributed by atoms with van der Waals surface area (Å²) in [5.74, 6) is 0.634. The number of aryl methyl sites for hydroxylation is 2. The van der Waals surface area contributed by atoms with Gasteiger partial charge in [0.05, 0.1) is 17.0 Å². The summed E-state index contributed by atoms with van der Waals surface area (Å²) < 4.78 is 1.52. The molecule has 8 heteroatoms. The molecule has 0 unspecified atom stereocenters. The van der Waals surface area contributed by atoms with E-state index in [0.29, 0.717) is 17.5 Å². The van der Waals surface area contributed by atoms with E-state index in [0.717, 1.165) is 46.5 Å². The van der Waals surface area contributed by atoms with Crippen molar-refractivity contribution < 1.29 is 4.79 Å². The number of hydrogen-bond acceptors (Lipinski definition) is 5. The highest BCUT2D eigenvalue weighted by Crippen LogP contribution is 2.28. The number of rotatable bonds is 5. The predicted octanol–water partition coefficient (Wildman–Crippen LogP) is 3.66. The maximum absolute atomic E-state index is 12.8. The van der Waals surface area contributed by atoms with Gasteiger partial charge in [-0.3, -0.25) is 14.6 Å². The number of thiophene rings is 1. The molecule has 3 aromatic heterocycles. The van der Waals surface area contributed by atoms with E-state index in [1.54, 1.807) is 11.3 Å². The number of H-pyrrole nitrogens is 1. The first-order chi connectivity index (χ1) is 15.1. The fourth-order valence-corrected chi connectivity index (χ4v) is 4.58. The second-order valence-corrected chi connectivity index (χ2v) is 8.63. The maximum atomic E-state index is 12.8. The van der Waals surface area contributed by atoms with Crippen molar-refractivity contribution in [3.8, 4) is 16.5 Å². The molecule has 0 atom stereocenters. The van der Waals surface area contributed by atoms with Crippen LogP contribution < -0.4 is 10.9 Å². The molecular weight excluding hydrogens is 410 g/mol. The number of amides is 1. The second kappa shape index (κ2) is 7.96. The van der Waals surface area contributed by atoms with Gasteiger partial charge >= 0.3 is 0 Å². The number of carbonyl (C=O) groups excluding carboxylic acids is 1. The van der Waals surface area contributed by atoms with Gasteiger partial charge in [-0.2, -0.15) is 9.78 Å². The van der Waals surface area contributed by atoms with Gasteiger partial charge < -0.3 is 5.32 Å². The normalized spacial score (nSPS) is 12.7. The monoisotopic (exact) mass is 431 g/mol. The van der Waals surface area contributed by atoms with Gasteiger partial charge in [0.1, 0.15) is 11.5 Å². The largest absolute Gasteiger partial charge is 0.310 e. The second-order valence-electron chi connectivity index (χ2n) is 7.69. The minimum atomic E-state index is -0.159. The Morgan fingerprint density at radius 3 is 2.94 bits per heavy atom. The van der Waals surface area contributed by atoms with Crippen LogP contribution in [0.15, 0.2) is 52.6 Å². The molecule has 1 aliphatic carbocycles. The summed E-state index contributed by atoms with van der Waals surface area (Å²) in [5.41, 5.74) is 4.18. The van der Waals surface area contributed by atoms with Crippen molar-refractivity contribution in [2.75, 3.05) is 5.32 Å². The maximum Gasteiger partial charge on any atom is 0.255 e. The zero-order valence-electron chi connectivity index (χ0n) is 17.0. The number of aromatic nitrogens is 4. The first-order valence-electron chi connectivity index (χ1n) is 10.2. The van der Waals surface area contributed by atoms with Crippen LogP contribution in [-0.2, 0) is 24.1 Å². The predicted molar refractivity (Wildman–Crippen MR) is 121 cm³/mol. The van der Waals surface area contributed by atoms with Gasteiger partial charge in [0.25, 0.3) is 5.56 Å². The number of fused-ring (bicyclic) bond motifs is 1. The Labute approximate surface area is 182 Å². The summed E-state index contributed by atoms with van der Waals surface area (Å²) in [6.07, 6.45) is 2.70. The van der Waals surface area contributed by atoms with Gasteiger partial charge in [0.15, 0.2) is 0 Å². The first kappa shape index (κ1) is 19.4. The summed E-state index contributed by atoms with van der Waals surface area (Å²) >= 11 is 1.56. The molecule has 0 fully saturated rings. The smallest absolute Gasteiger partial charge is 0.255 e. The lowest BCUT2D eigenvalue weighted by atomic mass is 10.1. The fraction of sp³-hybridized carbons (Fsp3) is 0.217. The summed E-state index contributed by atoms with van der Waals surface area (Å²) in [6, 6.07) is 13.6. The highest BCUT2D eigenvalue weighted by atomic mass is 32.1. The molecule has 1 aromatic carbocycles. The van der Waals surface area contributed by atoms with E-state index in [2.05, 4.69) is 20.4 Å². The average molecular weight is 432 g/mol. The van der Waals surface area contributed by atoms with Crippen molar-refractivity contribution in [3.05, 3.63) is 80.6 Å². The van der Waals surface area contributed by atoms with Crippen molar-refractivity contribution in [2.24, 2.45) is 0 Å². The number of nitrogens with zero attached hydrogens (tertiary/aromatic N) is 3. The number of benzene rings is 1. The van der Waals surface area contributed by atoms with Crippen molar-refractivity contribution >= 4 is 23.1 Å². The van der Waals surface area contributed by atoms with Gasteiger partial charge in [0.2, 0.25) is 11.9 Å². The molecule has 0 bridgehead atoms. The van der Waals surface area contributed by atoms with E-state index < -0.39 is 0 Å². The van der Waals surface area contributed by atoms with Crippen LogP contribution >= 0.6 is 11.3 Å². The SMILES string of the molecule is Cc1cccc(CC(=O)Nc2cc(-c3cccs3)nn2-c2nc3c(c(=O)[nH]2)CCC3)c1. The van der Waals surface area contributed by atoms with Crippen molar-refractivity contribution in [3.63, 3.8) is 0 Å². The molecule has 5 rings (SSSR count). The lowest BCUT2D eigenvalue weighted by molar-refractivity contribution is -0.115. The quantitative estimate of drug-likeness (QED) is 0.504. The van der Waals surface area contributed by atoms with Crippen molar-refractivity contribution in [1.82, 2.24) is 19.7 Å². The number of nitrogens with one attached hydrogen (secondary N) is 2. The third-order valence-electron chi connectivity index (χ3n) is 5.33. The molecule has 156 valence electrons. The minimum Gasteiger partial charge on any atom is -0.310 e. The Morgan fingerprint density at radius 2 is 2.13 bits per heavy atom. The van der Waals surface area contributed by atoms with Crippen LogP contribution in [0.25, 0.3) is 16.5 Å². The number of hydrogen-bond donors (Lipinski definition) is 2. The fourth-order valence-electron chi connectivity index (χ4n) is 3.90. The molecular formula is C23H21N5O2S. The van der Waals surface area contributed by atoms with Crippen LogP contribution in [0, 0.1) is 6.92 Å². The van der Waals surface area contributed by atoms with E-state index in [9.17, 15) is 9.59 Å². The third kappa shape index (κ3) is 3.94. The van der Waals surface area contributed by atoms with Crippen LogP contribution in [0.1, 0.15) is 28.8 Å². The topological polar surface area (TPSA) is 92.7 Å². The zero-order chi connectivity index (χ0) is 21.4. The molecule has 0 aliphatic heterocycles. The van der Waals surface area contributed by atoms with Gasteiger partial charge in [0, 0.05) is 11.6 Å². The Bertz CT molecular complexity index is 1320. The van der Waals surface area contributed by atoms with Gasteiger partial charge in [-0.25, -0.2) is 4.98 Å². The highest BCUT2D eigenvalue weighted by Gasteiger charge is 2.21. The number of aromatic amines is 1. The highest BCUT2D eigenvalue weighted by molar-refractivity contribution is 7.13. The first-order valence-corrected chi connectivity index (χ1v) is 11.1. The van der Waals surface area contributed by atoms with E-state index >= 15 is 0 Å². The Kier molecular flexibility index (Phi) is 4.99. The molecule has 4 aromatic rings. The molecule has 0 spiro atoms. The Balaban J connectivity index is 1.51. The molecule has 1 amide bonds. The van der Waals surface area contributed by atoms with E-state index in [1.165, 1.54) is 4.68 Å². The lowest BCUT2D eigenvalue weighted by Gasteiger charge is -2.09. The summed E-state index contributed by atoms with van der Waals surface area (Å²) in [6.45, 7) is 2.00. The van der Waals surface area contributed by atoms with Crippen LogP contribution in [0.4, 0.5) is 5.82 Å². The van der Waals surface area contributed by atoms with E-state index in [1.807, 2.05) is 54.8 Å². The average Bonchev–Trinajstić information content (AvgIpc) is 3.48. The molecule has 0 radical (unpaired) electrons. The molecule has 2 N–H and O–H groups in total. The standard InChI is InChI=1S/C23H21N5O2S/c1-14-5-2-6-15(11-14)12-21(29)25-20-13-18(19-9-4-10-31-19)27-28(20)23-24-17-8-3-7-16(17)22(30)26-23/h2,4-6,9-11,13H,3,7-8,12H2,1H3,(H,25,29)(H,24,26,30). The van der Waals surface area contributed by atoms with Gasteiger partial charge in [-0.05, 0) is 43.2 Å². The molecule has 7 nitrogen and oxygen atoms in total. The number of anilines is 1. The van der Waals surface area contributed by atoms with E-state index in [4.69, 9.17) is 0 Å².